The molecule has 8 aromatic heterocycles. The summed E-state index contributed by atoms with van der Waals surface area (Å²) in [6, 6.07) is 40.7. The van der Waals surface area contributed by atoms with Crippen LogP contribution in [0.3, 0.4) is 0 Å². The van der Waals surface area contributed by atoms with E-state index in [0.29, 0.717) is 71.9 Å². The van der Waals surface area contributed by atoms with Crippen LogP contribution in [0.4, 0.5) is 24.5 Å². The Morgan fingerprint density at radius 3 is 1.21 bits per heavy atom. The molecule has 12 unspecified atom stereocenters. The van der Waals surface area contributed by atoms with Crippen molar-refractivity contribution in [1.29, 1.82) is 0 Å². The highest BCUT2D eigenvalue weighted by molar-refractivity contribution is 6.02. The number of anilines is 2. The molecule has 10 fully saturated rings. The van der Waals surface area contributed by atoms with Crippen molar-refractivity contribution in [2.75, 3.05) is 36.8 Å². The van der Waals surface area contributed by atoms with Crippen molar-refractivity contribution in [2.24, 2.45) is 23.7 Å². The second kappa shape index (κ2) is 34.5. The van der Waals surface area contributed by atoms with Crippen molar-refractivity contribution in [1.82, 2.24) is 89.5 Å². The maximum atomic E-state index is 14.8. The monoisotopic (exact) mass is 1600 g/mol. The summed E-state index contributed by atoms with van der Waals surface area (Å²) in [6.45, 7) is 10.7. The van der Waals surface area contributed by atoms with E-state index in [1.807, 2.05) is 126 Å². The lowest BCUT2D eigenvalue weighted by Crippen LogP contribution is -2.59. The van der Waals surface area contributed by atoms with Crippen LogP contribution in [0.15, 0.2) is 214 Å². The Kier molecular flexibility index (Phi) is 22.7. The maximum Gasteiger partial charge on any atom is 0.256 e. The topological polar surface area (TPSA) is 288 Å². The maximum absolute atomic E-state index is 14.8. The van der Waals surface area contributed by atoms with Crippen LogP contribution in [-0.4, -0.2) is 188 Å². The van der Waals surface area contributed by atoms with Crippen LogP contribution in [0, 0.1) is 68.8 Å². The minimum Gasteiger partial charge on any atom is -0.472 e. The predicted molar refractivity (Wildman–Crippen MR) is 437 cm³/mol. The lowest BCUT2D eigenvalue weighted by atomic mass is 9.77. The van der Waals surface area contributed by atoms with Crippen LogP contribution < -0.4 is 20.1 Å². The molecule has 8 bridgehead atoms. The minimum atomic E-state index is -0.532. The van der Waals surface area contributed by atoms with Crippen molar-refractivity contribution in [2.45, 2.75) is 140 Å². The molecule has 10 aliphatic rings. The molecule has 12 aromatic rings. The summed E-state index contributed by atoms with van der Waals surface area (Å²) in [5.41, 5.74) is 8.65. The van der Waals surface area contributed by atoms with Gasteiger partial charge in [0, 0.05) is 99.0 Å². The van der Waals surface area contributed by atoms with Gasteiger partial charge in [-0.15, -0.1) is 4.80 Å². The molecule has 0 spiro atoms. The Morgan fingerprint density at radius 2 is 0.773 bits per heavy atom. The van der Waals surface area contributed by atoms with Crippen LogP contribution in [0.1, 0.15) is 128 Å². The number of likely N-dealkylation sites (tertiary alicyclic amines) is 2. The van der Waals surface area contributed by atoms with Gasteiger partial charge >= 0.3 is 0 Å². The van der Waals surface area contributed by atoms with E-state index in [2.05, 4.69) is 77.0 Å². The molecule has 6 saturated heterocycles. The molecular formula is C90H89F3N20O6. The van der Waals surface area contributed by atoms with Gasteiger partial charge in [0.05, 0.1) is 112 Å². The van der Waals surface area contributed by atoms with E-state index in [1.165, 1.54) is 35.4 Å². The summed E-state index contributed by atoms with van der Waals surface area (Å²) in [4.78, 5) is 98.4. The highest BCUT2D eigenvalue weighted by Gasteiger charge is 2.51. The summed E-state index contributed by atoms with van der Waals surface area (Å²) < 4.78 is 56.5. The summed E-state index contributed by atoms with van der Waals surface area (Å²) >= 11 is 0. The minimum absolute atomic E-state index is 0.0499. The number of pyridine rings is 4. The van der Waals surface area contributed by atoms with Gasteiger partial charge in [0.15, 0.2) is 17.5 Å². The number of hydrogen-bond donors (Lipinski definition) is 2. The van der Waals surface area contributed by atoms with E-state index in [1.54, 1.807) is 98.1 Å². The lowest BCUT2D eigenvalue weighted by molar-refractivity contribution is -0.0314. The molecule has 12 atom stereocenters. The van der Waals surface area contributed by atoms with Crippen molar-refractivity contribution >= 4 is 35.0 Å². The van der Waals surface area contributed by atoms with Gasteiger partial charge in [-0.2, -0.15) is 25.2 Å². The molecule has 6 aliphatic heterocycles. The van der Waals surface area contributed by atoms with Crippen LogP contribution in [0.2, 0.25) is 0 Å². The Hall–Kier alpha value is -13.2. The second-order valence-electron chi connectivity index (χ2n) is 31.9. The molecule has 119 heavy (non-hydrogen) atoms. The molecule has 0 radical (unpaired) electrons. The zero-order valence-electron chi connectivity index (χ0n) is 66.2. The Labute approximate surface area is 685 Å². The number of hydrogen-bond acceptors (Lipinski definition) is 20. The molecular weight excluding hydrogens is 1510 g/mol. The molecule has 4 aliphatic carbocycles. The third-order valence-corrected chi connectivity index (χ3v) is 24.0. The van der Waals surface area contributed by atoms with Crippen LogP contribution in [0.5, 0.6) is 11.8 Å². The van der Waals surface area contributed by atoms with Crippen molar-refractivity contribution < 1.29 is 41.8 Å². The molecule has 22 rings (SSSR count). The number of benzene rings is 4. The number of para-hydroxylation sites is 2. The summed E-state index contributed by atoms with van der Waals surface area (Å²) in [5, 5.41) is 23.6. The van der Waals surface area contributed by atoms with E-state index in [4.69, 9.17) is 9.47 Å². The normalized spacial score (nSPS) is 22.7. The fourth-order valence-electron chi connectivity index (χ4n) is 18.4. The van der Waals surface area contributed by atoms with Gasteiger partial charge in [-0.1, -0.05) is 42.5 Å². The van der Waals surface area contributed by atoms with E-state index in [9.17, 15) is 32.3 Å². The van der Waals surface area contributed by atoms with E-state index >= 15 is 0 Å². The number of carbonyl (C=O) groups excluding carboxylic acids is 4. The van der Waals surface area contributed by atoms with Crippen LogP contribution in [0.25, 0.3) is 34.2 Å². The molecule has 4 aromatic carbocycles. The van der Waals surface area contributed by atoms with Gasteiger partial charge < -0.3 is 39.7 Å². The number of aromatic nitrogens is 14. The van der Waals surface area contributed by atoms with Gasteiger partial charge in [0.1, 0.15) is 29.5 Å². The fourth-order valence-corrected chi connectivity index (χ4v) is 18.4. The Balaban J connectivity index is 0.000000114. The largest absolute Gasteiger partial charge is 0.472 e. The van der Waals surface area contributed by atoms with Crippen molar-refractivity contribution in [3.05, 3.63) is 276 Å². The van der Waals surface area contributed by atoms with Gasteiger partial charge in [0.25, 0.3) is 23.6 Å². The molecule has 4 amide bonds. The Bertz CT molecular complexity index is 5570. The first-order chi connectivity index (χ1) is 58.0. The highest BCUT2D eigenvalue weighted by Crippen LogP contribution is 2.45. The fraction of sp³-hybridized carbons (Fsp3) is 0.333. The Morgan fingerprint density at radius 1 is 0.361 bits per heavy atom. The van der Waals surface area contributed by atoms with Crippen molar-refractivity contribution in [3.8, 4) is 45.9 Å². The molecule has 2 N–H and O–H groups in total. The van der Waals surface area contributed by atoms with Gasteiger partial charge in [-0.3, -0.25) is 29.1 Å². The van der Waals surface area contributed by atoms with Gasteiger partial charge in [0.2, 0.25) is 11.8 Å². The van der Waals surface area contributed by atoms with Gasteiger partial charge in [-0.05, 0) is 212 Å². The molecule has 4 saturated carbocycles. The first kappa shape index (κ1) is 78.3. The third kappa shape index (κ3) is 16.9. The van der Waals surface area contributed by atoms with Crippen LogP contribution >= 0.6 is 0 Å². The van der Waals surface area contributed by atoms with E-state index in [0.717, 1.165) is 109 Å². The third-order valence-electron chi connectivity index (χ3n) is 24.0. The molecule has 29 heteroatoms. The molecule has 26 nitrogen and oxygen atoms in total. The number of nitrogens with one attached hydrogen (secondary N) is 2. The number of nitrogens with zero attached hydrogens (tertiary/aromatic N) is 18. The summed E-state index contributed by atoms with van der Waals surface area (Å²) in [5.74, 6) is 1.20. The smallest absolute Gasteiger partial charge is 0.256 e. The summed E-state index contributed by atoms with van der Waals surface area (Å²) in [6.07, 6.45) is 29.1. The number of carbonyl (C=O) groups is 4. The number of amides is 4. The molecule has 14 heterocycles. The van der Waals surface area contributed by atoms with Crippen molar-refractivity contribution in [3.63, 3.8) is 0 Å². The quantitative estimate of drug-likeness (QED) is 0.0908. The second-order valence-corrected chi connectivity index (χ2v) is 31.9. The first-order valence-corrected chi connectivity index (χ1v) is 40.5. The van der Waals surface area contributed by atoms with Gasteiger partial charge in [-0.25, -0.2) is 43.1 Å². The van der Waals surface area contributed by atoms with E-state index in [-0.39, 0.29) is 112 Å². The average molecular weight is 1600 g/mol. The zero-order chi connectivity index (χ0) is 81.8. The number of aryl methyl sites for hydroxylation is 4. The van der Waals surface area contributed by atoms with E-state index < -0.39 is 17.5 Å². The SMILES string of the molecule is Cc1ccc(NC2CC3CC2N(C(=O)c2cccc(F)c2-c2ncccn2)C3)cn1.Cc1ccc(NC2CC3CC2N(C(=O)c2ccccc2-n2nccn2)C3)cn1.Cc1ccc(OC2CC3CCC2N(C(=O)c2cccc(F)c2-c2ncccn2)C3)nc1.Cc1ccc(OC2CC3CCC2N(C(=O)c2cccc(F)c2-n2nccn2)C3)nc1. The average Bonchev–Trinajstić information content (AvgIpc) is 1.73. The number of rotatable bonds is 16. The highest BCUT2D eigenvalue weighted by atomic mass is 19.1. The number of piperidine rings is 6. The molecule has 606 valence electrons. The first-order valence-electron chi connectivity index (χ1n) is 40.5. The predicted octanol–water partition coefficient (Wildman–Crippen LogP) is 13.6. The zero-order valence-corrected chi connectivity index (χ0v) is 66.2. The lowest BCUT2D eigenvalue weighted by Gasteiger charge is -2.49. The standard InChI is InChI=1S/C24H23FN4O2.C23H22FN5O.C22H22FN5O2.C21H22N6O/c1-15-6-9-21(28-13-15)31-20-12-16-7-8-19(20)29(14-16)24(30)17-4-2-5-18(25)22(17)23-26-10-3-11-27-23;1-14-6-7-16(12-27-14)28-19-10-15-11-20(19)29(13-15)23(30)17-4-2-5-18(24)21(17)22-25-8-3-9-26-22;1-14-5-8-20(24-12-14)30-19-11-15-6-7-18(19)27(13-15)22(29)16-3-2-4-17(23)21(16)28-25-9-10-26-28;1-14-6-7-16(12-22-14)25-18-10-15-11-20(18)26(13-15)21(28)17-4-2-3-5-19(17)27-23-8-9-24-27/h2-6,9-11,13,16,19-20H,7-8,12,14H2,1H3;2-9,12,15,19-20,28H,10-11,13H2,1H3;2-5,8-10,12,15,18-19H,6-7,11,13H2,1H3;2-9,12,15,18,20,25H,10-11,13H2,1H3. The number of halogens is 3. The number of fused-ring (bicyclic) bond motifs is 10. The van der Waals surface area contributed by atoms with Crippen LogP contribution in [-0.2, 0) is 0 Å². The number of ether oxygens (including phenoxy) is 2. The summed E-state index contributed by atoms with van der Waals surface area (Å²) in [7, 11) is 0.